The maximum atomic E-state index is 10.9. The van der Waals surface area contributed by atoms with Gasteiger partial charge in [-0.25, -0.2) is 0 Å². The molecule has 0 heterocycles. The van der Waals surface area contributed by atoms with Crippen LogP contribution >= 0.6 is 0 Å². The van der Waals surface area contributed by atoms with Gasteiger partial charge in [-0.1, -0.05) is 26.2 Å². The van der Waals surface area contributed by atoms with Gasteiger partial charge in [0, 0.05) is 5.92 Å². The van der Waals surface area contributed by atoms with Crippen molar-refractivity contribution in [1.29, 1.82) is 0 Å². The summed E-state index contributed by atoms with van der Waals surface area (Å²) in [4.78, 5) is 10.9. The van der Waals surface area contributed by atoms with E-state index in [-0.39, 0.29) is 32.8 Å². The van der Waals surface area contributed by atoms with Crippen molar-refractivity contribution >= 4 is 5.97 Å². The molecular weight excluding hydrogens is 534 g/mol. The molecule has 0 spiro atoms. The summed E-state index contributed by atoms with van der Waals surface area (Å²) in [6, 6.07) is 0. The van der Waals surface area contributed by atoms with E-state index < -0.39 is 5.97 Å². The molecule has 85 valence electrons. The quantitative estimate of drug-likeness (QED) is 0.401. The Labute approximate surface area is 99.2 Å². The van der Waals surface area contributed by atoms with Crippen LogP contribution in [0.4, 0.5) is 0 Å². The Morgan fingerprint density at radius 3 is 2.27 bits per heavy atom. The van der Waals surface area contributed by atoms with E-state index in [9.17, 15) is 4.79 Å². The summed E-state index contributed by atoms with van der Waals surface area (Å²) < 4.78 is 0. The average Bonchev–Trinajstić information content (AvgIpc) is 2.42. The van der Waals surface area contributed by atoms with Crippen LogP contribution in [0.2, 0.25) is 0 Å². The van der Waals surface area contributed by atoms with Gasteiger partial charge >= 0.3 is 25.4 Å². The van der Waals surface area contributed by atoms with Gasteiger partial charge in [0.2, 0.25) is 0 Å². The topological polar surface area (TPSA) is 37.3 Å². The Morgan fingerprint density at radius 1 is 1.40 bits per heavy atom. The first kappa shape index (κ1) is 16.5. The molecule has 5 unspecified atom stereocenters. The third-order valence-corrected chi connectivity index (χ3v) is 3.76. The van der Waals surface area contributed by atoms with E-state index in [1.165, 1.54) is 0 Å². The minimum Gasteiger partial charge on any atom is -0.481 e. The monoisotopic (exact) mass is 552 g/mol. The predicted octanol–water partition coefficient (Wildman–Crippen LogP) is 2.26. The van der Waals surface area contributed by atoms with Gasteiger partial charge in [0.15, 0.2) is 0 Å². The molecule has 2 bridgehead atoms. The van der Waals surface area contributed by atoms with Crippen LogP contribution in [0.15, 0.2) is 0 Å². The summed E-state index contributed by atoms with van der Waals surface area (Å²) in [6.07, 6.45) is 3.35. The van der Waals surface area contributed by atoms with Gasteiger partial charge in [-0.05, 0) is 5.92 Å². The molecule has 0 aromatic rings. The zero-order valence-electron chi connectivity index (χ0n) is 9.57. The zero-order chi connectivity index (χ0) is 8.88. The van der Waals surface area contributed by atoms with Crippen LogP contribution in [0.1, 0.15) is 20.3 Å². The second-order valence-electron chi connectivity index (χ2n) is 4.34. The van der Waals surface area contributed by atoms with Crippen LogP contribution in [0.5, 0.6) is 0 Å². The fraction of sp³-hybridized carbons (Fsp3) is 0.727. The zero-order valence-corrected chi connectivity index (χ0v) is 17.6. The summed E-state index contributed by atoms with van der Waals surface area (Å²) in [6.45, 7) is 4.30. The predicted molar refractivity (Wildman–Crippen MR) is 51.8 cm³/mol. The number of hydrogen-bond donors (Lipinski definition) is 1. The Balaban J connectivity index is 0. The fourth-order valence-electron chi connectivity index (χ4n) is 3.16. The van der Waals surface area contributed by atoms with E-state index in [1.807, 2.05) is 0 Å². The minimum atomic E-state index is -0.599. The fourth-order valence-corrected chi connectivity index (χ4v) is 3.16. The molecule has 2 nitrogen and oxygen atoms in total. The van der Waals surface area contributed by atoms with Crippen LogP contribution in [-0.2, 0) is 24.3 Å². The molecule has 4 heteroatoms. The molecule has 2 aliphatic rings. The van der Waals surface area contributed by atoms with Gasteiger partial charge < -0.3 is 19.0 Å². The van der Waals surface area contributed by atoms with E-state index >= 15 is 0 Å². The van der Waals surface area contributed by atoms with Crippen LogP contribution in [-0.4, -0.2) is 11.1 Å². The van der Waals surface area contributed by atoms with E-state index in [2.05, 4.69) is 20.3 Å². The molecule has 15 heavy (non-hydrogen) atoms. The van der Waals surface area contributed by atoms with Gasteiger partial charge in [-0.2, -0.15) is 11.8 Å². The summed E-state index contributed by atoms with van der Waals surface area (Å²) in [7, 11) is 0. The third kappa shape index (κ3) is 2.20. The Morgan fingerprint density at radius 2 is 1.93 bits per heavy atom. The minimum absolute atomic E-state index is 0. The summed E-state index contributed by atoms with van der Waals surface area (Å²) in [5.41, 5.74) is 0. The molecule has 2 aliphatic carbocycles. The molecule has 2 rings (SSSR count). The molecule has 0 aromatic heterocycles. The normalized spacial score (nSPS) is 41.1. The van der Waals surface area contributed by atoms with Gasteiger partial charge in [0.05, 0.1) is 0 Å². The molecule has 2 fully saturated rings. The van der Waals surface area contributed by atoms with E-state index in [0.29, 0.717) is 23.7 Å². The third-order valence-electron chi connectivity index (χ3n) is 3.76. The van der Waals surface area contributed by atoms with Crippen molar-refractivity contribution in [1.82, 2.24) is 0 Å². The molecule has 2 saturated carbocycles. The van der Waals surface area contributed by atoms with Gasteiger partial charge in [-0.15, -0.1) is 0 Å². The Kier molecular flexibility index (Phi) is 5.79. The van der Waals surface area contributed by atoms with Crippen LogP contribution < -0.4 is 0 Å². The van der Waals surface area contributed by atoms with Crippen molar-refractivity contribution in [3.05, 3.63) is 13.8 Å². The first-order valence-electron chi connectivity index (χ1n) is 4.69. The van der Waals surface area contributed by atoms with Crippen molar-refractivity contribution in [3.8, 4) is 0 Å². The van der Waals surface area contributed by atoms with Crippen LogP contribution in [0.25, 0.3) is 0 Å². The number of aliphatic carboxylic acids is 1. The number of hydrogen-bond acceptors (Lipinski definition) is 1. The van der Waals surface area contributed by atoms with Gasteiger partial charge in [0.1, 0.15) is 0 Å². The maximum absolute atomic E-state index is 10.9. The number of rotatable bonds is 1. The molecule has 0 amide bonds. The molecule has 1 N–H and O–H groups in total. The summed E-state index contributed by atoms with van der Waals surface area (Å²) >= 11 is 0. The van der Waals surface area contributed by atoms with Crippen molar-refractivity contribution in [3.63, 3.8) is 0 Å². The van der Waals surface area contributed by atoms with Gasteiger partial charge in [0.25, 0.3) is 0 Å². The van der Waals surface area contributed by atoms with Crippen molar-refractivity contribution in [2.75, 3.05) is 0 Å². The smallest absolute Gasteiger partial charge is 0.481 e. The van der Waals surface area contributed by atoms with Crippen molar-refractivity contribution in [2.45, 2.75) is 20.3 Å². The first-order chi connectivity index (χ1) is 5.61. The van der Waals surface area contributed by atoms with E-state index in [0.717, 1.165) is 6.42 Å². The molecule has 0 aromatic carbocycles. The summed E-state index contributed by atoms with van der Waals surface area (Å²) in [5, 5.41) is 8.97. The maximum Gasteiger partial charge on any atom is 2.00 e. The average molecular weight is 552 g/mol. The van der Waals surface area contributed by atoms with E-state index in [4.69, 9.17) is 5.11 Å². The molecule has 5 atom stereocenters. The second kappa shape index (κ2) is 5.25. The van der Waals surface area contributed by atoms with Crippen LogP contribution in [0, 0.1) is 43.4 Å². The van der Waals surface area contributed by atoms with Crippen LogP contribution in [0.3, 0.4) is 0 Å². The van der Waals surface area contributed by atoms with Gasteiger partial charge in [-0.3, -0.25) is 4.79 Å². The first-order valence-corrected chi connectivity index (χ1v) is 4.69. The molecular formula is C11H18O2RfRh. The largest absolute Gasteiger partial charge is 2.00 e. The number of fused-ring (bicyclic) bond motifs is 2. The number of carboxylic acid groups (broad SMARTS) is 1. The molecule has 1 radical (unpaired) electrons. The Bertz CT molecular complexity index is 221. The Hall–Kier alpha value is -0.907. The number of carbonyl (C=O) groups is 1. The molecule has 0 aliphatic heterocycles. The second-order valence-corrected chi connectivity index (χ2v) is 4.34. The van der Waals surface area contributed by atoms with Crippen molar-refractivity contribution in [2.24, 2.45) is 29.6 Å². The molecule has 0 saturated heterocycles. The standard InChI is InChI=1S/C10H15O2.CH3.Rf.Rh/c1-5-3-7-4-8(5)6(2)9(7)10(11)12;;;/h3,5-9H,4H2,1-2H3,(H,11,12);1H3;;/q2*-1;;+2. The van der Waals surface area contributed by atoms with Crippen molar-refractivity contribution < 1.29 is 29.4 Å². The van der Waals surface area contributed by atoms with E-state index in [1.54, 1.807) is 0 Å². The SMILES string of the molecule is CC1[CH-]C2CC1C(C)C2C(=O)O.[CH3-].[Rf].[Rh+2]. The summed E-state index contributed by atoms with van der Waals surface area (Å²) in [5.74, 6) is 1.33. The number of carboxylic acids is 1.